The summed E-state index contributed by atoms with van der Waals surface area (Å²) < 4.78 is 16.9. The smallest absolute Gasteiger partial charge is 0.187 e. The van der Waals surface area contributed by atoms with E-state index in [1.807, 2.05) is 19.9 Å². The molecule has 2 N–H and O–H groups in total. The number of benzene rings is 1. The first-order valence-corrected chi connectivity index (χ1v) is 9.70. The van der Waals surface area contributed by atoms with E-state index in [1.54, 1.807) is 12.3 Å². The van der Waals surface area contributed by atoms with Crippen molar-refractivity contribution in [3.63, 3.8) is 0 Å². The molecule has 8 heteroatoms. The van der Waals surface area contributed by atoms with Crippen LogP contribution in [0.2, 0.25) is 5.02 Å². The molecule has 1 atom stereocenters. The fraction of sp³-hybridized carbons (Fsp3) is 0.556. The maximum atomic E-state index is 6.33. The Bertz CT molecular complexity index is 622. The number of rotatable bonds is 9. The third-order valence-corrected chi connectivity index (χ3v) is 4.19. The first kappa shape index (κ1) is 20.7. The number of hydrazone groups is 1. The van der Waals surface area contributed by atoms with Gasteiger partial charge in [-0.15, -0.1) is 0 Å². The monoisotopic (exact) mass is 399 g/mol. The molecule has 1 aromatic carbocycles. The zero-order chi connectivity index (χ0) is 18.8. The van der Waals surface area contributed by atoms with Crippen LogP contribution in [0.4, 0.5) is 0 Å². The third kappa shape index (κ3) is 6.63. The van der Waals surface area contributed by atoms with Crippen LogP contribution in [0, 0.1) is 0 Å². The highest BCUT2D eigenvalue weighted by Crippen LogP contribution is 2.36. The molecule has 0 unspecified atom stereocenters. The van der Waals surface area contributed by atoms with Crippen LogP contribution in [0.5, 0.6) is 11.5 Å². The number of hydrogen-bond acceptors (Lipinski definition) is 5. The van der Waals surface area contributed by atoms with Gasteiger partial charge in [-0.2, -0.15) is 5.10 Å². The Hall–Kier alpha value is -1.57. The van der Waals surface area contributed by atoms with Crippen LogP contribution in [0.1, 0.15) is 38.7 Å². The highest BCUT2D eigenvalue weighted by molar-refractivity contribution is 7.80. The molecular weight excluding hydrogens is 374 g/mol. The van der Waals surface area contributed by atoms with E-state index in [9.17, 15) is 0 Å². The number of nitrogens with zero attached hydrogens (tertiary/aromatic N) is 1. The second-order valence-corrected chi connectivity index (χ2v) is 6.64. The lowest BCUT2D eigenvalue weighted by Crippen LogP contribution is -2.37. The Balaban J connectivity index is 1.92. The molecule has 1 heterocycles. The number of ether oxygens (including phenoxy) is 3. The van der Waals surface area contributed by atoms with Crippen molar-refractivity contribution in [2.75, 3.05) is 26.4 Å². The Morgan fingerprint density at radius 2 is 2.27 bits per heavy atom. The predicted octanol–water partition coefficient (Wildman–Crippen LogP) is 3.50. The predicted molar refractivity (Wildman–Crippen MR) is 109 cm³/mol. The van der Waals surface area contributed by atoms with Gasteiger partial charge in [0.2, 0.25) is 0 Å². The van der Waals surface area contributed by atoms with Crippen LogP contribution in [-0.4, -0.2) is 43.8 Å². The zero-order valence-electron chi connectivity index (χ0n) is 15.2. The molecule has 0 aliphatic carbocycles. The summed E-state index contributed by atoms with van der Waals surface area (Å²) in [6.45, 7) is 6.57. The van der Waals surface area contributed by atoms with E-state index in [2.05, 4.69) is 15.8 Å². The van der Waals surface area contributed by atoms with Crippen molar-refractivity contribution in [1.29, 1.82) is 0 Å². The standard InChI is InChI=1S/C18H26ClN3O3S/c1-3-7-25-17-15(19)9-13(10-16(17)23-4-2)11-21-22-18(26)20-12-14-6-5-8-24-14/h9-11,14H,3-8,12H2,1-2H3,(H2,20,22,26)/b21-11-/t14-/m1/s1. The maximum Gasteiger partial charge on any atom is 0.187 e. The summed E-state index contributed by atoms with van der Waals surface area (Å²) in [5.41, 5.74) is 3.58. The molecule has 1 aliphatic rings. The molecule has 1 fully saturated rings. The lowest BCUT2D eigenvalue weighted by atomic mass is 10.2. The van der Waals surface area contributed by atoms with E-state index in [0.717, 1.165) is 31.4 Å². The van der Waals surface area contributed by atoms with E-state index in [-0.39, 0.29) is 6.10 Å². The first-order valence-electron chi connectivity index (χ1n) is 8.91. The maximum absolute atomic E-state index is 6.33. The van der Waals surface area contributed by atoms with Gasteiger partial charge >= 0.3 is 0 Å². The second kappa shape index (κ2) is 11.2. The molecule has 0 aromatic heterocycles. The Morgan fingerprint density at radius 1 is 1.42 bits per heavy atom. The van der Waals surface area contributed by atoms with Crippen LogP contribution in [0.3, 0.4) is 0 Å². The van der Waals surface area contributed by atoms with Crippen LogP contribution >= 0.6 is 23.8 Å². The number of thiocarbonyl (C=S) groups is 1. The number of hydrogen-bond donors (Lipinski definition) is 2. The van der Waals surface area contributed by atoms with Gasteiger partial charge in [0.25, 0.3) is 0 Å². The molecule has 2 rings (SSSR count). The lowest BCUT2D eigenvalue weighted by molar-refractivity contribution is 0.114. The average molecular weight is 400 g/mol. The van der Waals surface area contributed by atoms with Gasteiger partial charge in [-0.25, -0.2) is 0 Å². The molecule has 1 saturated heterocycles. The van der Waals surface area contributed by atoms with Gasteiger partial charge < -0.3 is 19.5 Å². The molecule has 0 radical (unpaired) electrons. The summed E-state index contributed by atoms with van der Waals surface area (Å²) in [6, 6.07) is 3.62. The normalized spacial score (nSPS) is 16.7. The highest BCUT2D eigenvalue weighted by Gasteiger charge is 2.15. The van der Waals surface area contributed by atoms with E-state index in [0.29, 0.717) is 41.4 Å². The molecule has 0 amide bonds. The number of halogens is 1. The quantitative estimate of drug-likeness (QED) is 0.376. The Labute approximate surface area is 165 Å². The fourth-order valence-corrected chi connectivity index (χ4v) is 2.90. The van der Waals surface area contributed by atoms with Gasteiger partial charge in [-0.1, -0.05) is 18.5 Å². The summed E-state index contributed by atoms with van der Waals surface area (Å²) in [5.74, 6) is 1.17. The van der Waals surface area contributed by atoms with Crippen molar-refractivity contribution in [1.82, 2.24) is 10.7 Å². The molecule has 0 bridgehead atoms. The Morgan fingerprint density at radius 3 is 2.96 bits per heavy atom. The van der Waals surface area contributed by atoms with Crippen molar-refractivity contribution >= 4 is 35.1 Å². The SMILES string of the molecule is CCCOc1c(Cl)cc(/C=N\NC(=S)NC[C@H]2CCCO2)cc1OCC. The van der Waals surface area contributed by atoms with Gasteiger partial charge in [-0.05, 0) is 56.1 Å². The van der Waals surface area contributed by atoms with E-state index in [4.69, 9.17) is 38.0 Å². The van der Waals surface area contributed by atoms with Crippen LogP contribution < -0.4 is 20.2 Å². The van der Waals surface area contributed by atoms with Crippen LogP contribution in [0.25, 0.3) is 0 Å². The number of nitrogens with one attached hydrogen (secondary N) is 2. The topological polar surface area (TPSA) is 64.1 Å². The lowest BCUT2D eigenvalue weighted by Gasteiger charge is -2.14. The summed E-state index contributed by atoms with van der Waals surface area (Å²) in [6.07, 6.45) is 4.92. The summed E-state index contributed by atoms with van der Waals surface area (Å²) >= 11 is 11.5. The summed E-state index contributed by atoms with van der Waals surface area (Å²) in [5, 5.41) is 8.19. The van der Waals surface area contributed by atoms with Crippen molar-refractivity contribution in [3.8, 4) is 11.5 Å². The van der Waals surface area contributed by atoms with Crippen molar-refractivity contribution < 1.29 is 14.2 Å². The van der Waals surface area contributed by atoms with Crippen molar-refractivity contribution in [2.45, 2.75) is 39.2 Å². The Kier molecular flexibility index (Phi) is 8.94. The fourth-order valence-electron chi connectivity index (χ4n) is 2.49. The van der Waals surface area contributed by atoms with Crippen molar-refractivity contribution in [3.05, 3.63) is 22.7 Å². The molecule has 1 aliphatic heterocycles. The minimum atomic E-state index is 0.224. The van der Waals surface area contributed by atoms with Gasteiger partial charge in [0, 0.05) is 13.2 Å². The highest BCUT2D eigenvalue weighted by atomic mass is 35.5. The van der Waals surface area contributed by atoms with Gasteiger partial charge in [0.15, 0.2) is 16.6 Å². The molecule has 0 spiro atoms. The van der Waals surface area contributed by atoms with Crippen molar-refractivity contribution in [2.24, 2.45) is 5.10 Å². The molecule has 0 saturated carbocycles. The summed E-state index contributed by atoms with van der Waals surface area (Å²) in [7, 11) is 0. The molecule has 26 heavy (non-hydrogen) atoms. The van der Waals surface area contributed by atoms with E-state index < -0.39 is 0 Å². The van der Waals surface area contributed by atoms with Gasteiger partial charge in [-0.3, -0.25) is 5.43 Å². The zero-order valence-corrected chi connectivity index (χ0v) is 16.8. The summed E-state index contributed by atoms with van der Waals surface area (Å²) in [4.78, 5) is 0. The van der Waals surface area contributed by atoms with Gasteiger partial charge in [0.1, 0.15) is 0 Å². The molecular formula is C18H26ClN3O3S. The minimum absolute atomic E-state index is 0.224. The largest absolute Gasteiger partial charge is 0.490 e. The van der Waals surface area contributed by atoms with E-state index >= 15 is 0 Å². The second-order valence-electron chi connectivity index (χ2n) is 5.83. The third-order valence-electron chi connectivity index (χ3n) is 3.68. The average Bonchev–Trinajstić information content (AvgIpc) is 3.13. The molecule has 1 aromatic rings. The van der Waals surface area contributed by atoms with Gasteiger partial charge in [0.05, 0.1) is 30.6 Å². The minimum Gasteiger partial charge on any atom is -0.490 e. The first-order chi connectivity index (χ1) is 12.6. The molecule has 144 valence electrons. The molecule has 6 nitrogen and oxygen atoms in total. The van der Waals surface area contributed by atoms with Crippen LogP contribution in [-0.2, 0) is 4.74 Å². The van der Waals surface area contributed by atoms with Crippen LogP contribution in [0.15, 0.2) is 17.2 Å². The van der Waals surface area contributed by atoms with E-state index in [1.165, 1.54) is 0 Å².